The Bertz CT molecular complexity index is 1460. The van der Waals surface area contributed by atoms with E-state index in [1.165, 1.54) is 13.3 Å². The molecule has 3 N–H and O–H groups in total. The number of rotatable bonds is 11. The second-order valence-corrected chi connectivity index (χ2v) is 11.0. The number of carbonyl (C=O) groups excluding carboxylic acids is 1. The van der Waals surface area contributed by atoms with E-state index in [9.17, 15) is 19.6 Å². The van der Waals surface area contributed by atoms with Gasteiger partial charge in [-0.3, -0.25) is 14.6 Å². The molecule has 2 aliphatic rings. The maximum Gasteiger partial charge on any atom is 0.230 e. The van der Waals surface area contributed by atoms with Crippen molar-refractivity contribution in [3.05, 3.63) is 54.4 Å². The van der Waals surface area contributed by atoms with E-state index in [0.717, 1.165) is 37.6 Å². The molecular weight excluding hydrogens is 567 g/mol. The van der Waals surface area contributed by atoms with Gasteiger partial charge in [0.2, 0.25) is 5.95 Å². The zero-order valence-corrected chi connectivity index (χ0v) is 24.6. The van der Waals surface area contributed by atoms with Crippen LogP contribution in [0.5, 0.6) is 5.75 Å². The Kier molecular flexibility index (Phi) is 10.3. The fourth-order valence-electron chi connectivity index (χ4n) is 5.35. The molecule has 0 aliphatic carbocycles. The third-order valence-corrected chi connectivity index (χ3v) is 7.90. The van der Waals surface area contributed by atoms with Gasteiger partial charge in [0.1, 0.15) is 36.5 Å². The van der Waals surface area contributed by atoms with Crippen LogP contribution in [0, 0.1) is 11.3 Å². The second-order valence-electron chi connectivity index (χ2n) is 11.0. The van der Waals surface area contributed by atoms with Gasteiger partial charge in [-0.1, -0.05) is 0 Å². The molecule has 1 aromatic heterocycles. The number of likely N-dealkylation sites (tertiary alicyclic amines) is 1. The highest BCUT2D eigenvalue weighted by molar-refractivity contribution is 5.84. The lowest BCUT2D eigenvalue weighted by atomic mass is 10.0. The minimum absolute atomic E-state index is 0.00881. The SMILES string of the molecule is C[C@H](O)C(=O)CN1CC[C@H](Oc2ccc(-c3ncnc(Nc4ccc(N5CCN(CCO)CC5)cc4)n3)cc2C#N)[C@H](F)C1. The number of aliphatic hydroxyl groups excluding tert-OH is 2. The van der Waals surface area contributed by atoms with E-state index in [2.05, 4.69) is 36.1 Å². The van der Waals surface area contributed by atoms with Gasteiger partial charge in [0.15, 0.2) is 11.6 Å². The van der Waals surface area contributed by atoms with Crippen LogP contribution in [0.25, 0.3) is 11.4 Å². The molecule has 0 amide bonds. The first-order chi connectivity index (χ1) is 21.3. The molecule has 0 spiro atoms. The number of ketones is 1. The van der Waals surface area contributed by atoms with E-state index in [4.69, 9.17) is 9.84 Å². The average molecular weight is 605 g/mol. The fraction of sp³-hybridized carbons (Fsp3) is 0.452. The number of hydrogen-bond acceptors (Lipinski definition) is 12. The van der Waals surface area contributed by atoms with Crippen LogP contribution in [0.15, 0.2) is 48.8 Å². The number of aromatic nitrogens is 3. The Labute approximate surface area is 255 Å². The molecule has 232 valence electrons. The smallest absolute Gasteiger partial charge is 0.230 e. The highest BCUT2D eigenvalue weighted by Gasteiger charge is 2.32. The summed E-state index contributed by atoms with van der Waals surface area (Å²) in [7, 11) is 0. The van der Waals surface area contributed by atoms with E-state index < -0.39 is 18.4 Å². The zero-order valence-electron chi connectivity index (χ0n) is 24.6. The van der Waals surface area contributed by atoms with Crippen molar-refractivity contribution >= 4 is 23.1 Å². The lowest BCUT2D eigenvalue weighted by Crippen LogP contribution is -2.49. The minimum atomic E-state index is -1.36. The van der Waals surface area contributed by atoms with Crippen molar-refractivity contribution in [1.29, 1.82) is 5.26 Å². The normalized spacial score (nSPS) is 20.1. The van der Waals surface area contributed by atoms with Gasteiger partial charge in [0.05, 0.1) is 18.7 Å². The molecule has 2 aromatic carbocycles. The standard InChI is InChI=1S/C31H37FN8O4/c1-21(42)27(43)19-39-9-8-29(26(32)18-39)44-28-7-2-22(16-23(28)17-33)30-34-20-35-31(37-30)36-24-3-5-25(6-4-24)40-12-10-38(11-13-40)14-15-41/h2-7,16,20-21,26,29,41-42H,8-15,18-19H2,1H3,(H,34,35,36,37)/t21-,26+,29-/m0/s1. The number of carbonyl (C=O) groups is 1. The maximum atomic E-state index is 14.9. The number of nitrogens with one attached hydrogen (secondary N) is 1. The van der Waals surface area contributed by atoms with Crippen molar-refractivity contribution < 1.29 is 24.1 Å². The molecule has 5 rings (SSSR count). The highest BCUT2D eigenvalue weighted by atomic mass is 19.1. The van der Waals surface area contributed by atoms with Crippen LogP contribution in [0.4, 0.5) is 21.7 Å². The number of alkyl halides is 1. The third kappa shape index (κ3) is 7.83. The lowest BCUT2D eigenvalue weighted by molar-refractivity contribution is -0.128. The first kappa shape index (κ1) is 31.2. The number of nitriles is 1. The number of β-amino-alcohol motifs (C(OH)–C–C–N with tert-alkyl or cyclic N) is 1. The number of halogens is 1. The van der Waals surface area contributed by atoms with Crippen molar-refractivity contribution in [1.82, 2.24) is 24.8 Å². The molecule has 3 heterocycles. The van der Waals surface area contributed by atoms with Crippen LogP contribution < -0.4 is 15.0 Å². The highest BCUT2D eigenvalue weighted by Crippen LogP contribution is 2.29. The number of hydrogen-bond donors (Lipinski definition) is 3. The topological polar surface area (TPSA) is 151 Å². The quantitative estimate of drug-likeness (QED) is 0.294. The van der Waals surface area contributed by atoms with Gasteiger partial charge >= 0.3 is 0 Å². The number of piperidine rings is 1. The van der Waals surface area contributed by atoms with Crippen molar-refractivity contribution in [3.8, 4) is 23.2 Å². The number of aliphatic hydroxyl groups is 2. The van der Waals surface area contributed by atoms with Crippen LogP contribution in [0.1, 0.15) is 18.9 Å². The summed E-state index contributed by atoms with van der Waals surface area (Å²) >= 11 is 0. The summed E-state index contributed by atoms with van der Waals surface area (Å²) in [5, 5.41) is 31.6. The van der Waals surface area contributed by atoms with E-state index >= 15 is 0 Å². The Morgan fingerprint density at radius 2 is 1.91 bits per heavy atom. The predicted octanol–water partition coefficient (Wildman–Crippen LogP) is 2.01. The van der Waals surface area contributed by atoms with Gasteiger partial charge in [-0.15, -0.1) is 0 Å². The van der Waals surface area contributed by atoms with Crippen LogP contribution in [-0.4, -0.2) is 118 Å². The van der Waals surface area contributed by atoms with Gasteiger partial charge in [-0.05, 0) is 55.8 Å². The van der Waals surface area contributed by atoms with Crippen LogP contribution in [0.3, 0.4) is 0 Å². The summed E-state index contributed by atoms with van der Waals surface area (Å²) in [5.74, 6) is 0.622. The summed E-state index contributed by atoms with van der Waals surface area (Å²) < 4.78 is 20.8. The van der Waals surface area contributed by atoms with Crippen molar-refractivity contribution in [2.24, 2.45) is 0 Å². The van der Waals surface area contributed by atoms with Gasteiger partial charge in [0.25, 0.3) is 0 Å². The van der Waals surface area contributed by atoms with E-state index in [-0.39, 0.29) is 36.8 Å². The molecular formula is C31H37FN8O4. The molecule has 0 saturated carbocycles. The third-order valence-electron chi connectivity index (χ3n) is 7.90. The van der Waals surface area contributed by atoms with Crippen LogP contribution in [0.2, 0.25) is 0 Å². The van der Waals surface area contributed by atoms with Crippen LogP contribution >= 0.6 is 0 Å². The van der Waals surface area contributed by atoms with Crippen molar-refractivity contribution in [3.63, 3.8) is 0 Å². The molecule has 3 aromatic rings. The van der Waals surface area contributed by atoms with Gasteiger partial charge in [0, 0.05) is 62.8 Å². The van der Waals surface area contributed by atoms with Crippen LogP contribution in [-0.2, 0) is 4.79 Å². The molecule has 13 heteroatoms. The van der Waals surface area contributed by atoms with Crippen molar-refractivity contribution in [2.45, 2.75) is 31.7 Å². The number of ether oxygens (including phenoxy) is 1. The van der Waals surface area contributed by atoms with E-state index in [0.29, 0.717) is 36.8 Å². The summed E-state index contributed by atoms with van der Waals surface area (Å²) in [6.07, 6.45) is -1.47. The average Bonchev–Trinajstić information content (AvgIpc) is 3.03. The molecule has 2 fully saturated rings. The molecule has 0 radical (unpaired) electrons. The Balaban J connectivity index is 1.20. The summed E-state index contributed by atoms with van der Waals surface area (Å²) in [6.45, 7) is 6.35. The summed E-state index contributed by atoms with van der Waals surface area (Å²) in [4.78, 5) is 31.1. The number of anilines is 3. The molecule has 0 bridgehead atoms. The summed E-state index contributed by atoms with van der Waals surface area (Å²) in [5.41, 5.74) is 2.74. The van der Waals surface area contributed by atoms with E-state index in [1.807, 2.05) is 24.3 Å². The summed E-state index contributed by atoms with van der Waals surface area (Å²) in [6, 6.07) is 15.1. The minimum Gasteiger partial charge on any atom is -0.486 e. The molecule has 44 heavy (non-hydrogen) atoms. The number of Topliss-reactive ketones (excluding diaryl/α,β-unsaturated/α-hetero) is 1. The Morgan fingerprint density at radius 1 is 1.14 bits per heavy atom. The lowest BCUT2D eigenvalue weighted by Gasteiger charge is -2.35. The Morgan fingerprint density at radius 3 is 2.59 bits per heavy atom. The predicted molar refractivity (Wildman–Crippen MR) is 162 cm³/mol. The molecule has 2 saturated heterocycles. The van der Waals surface area contributed by atoms with E-state index in [1.54, 1.807) is 23.1 Å². The number of nitrogens with zero attached hydrogens (tertiary/aromatic N) is 7. The Hall–Kier alpha value is -4.22. The molecule has 12 nitrogen and oxygen atoms in total. The van der Waals surface area contributed by atoms with Gasteiger partial charge < -0.3 is 25.2 Å². The molecule has 3 atom stereocenters. The fourth-order valence-corrected chi connectivity index (χ4v) is 5.35. The zero-order chi connectivity index (χ0) is 31.1. The molecule has 0 unspecified atom stereocenters. The van der Waals surface area contributed by atoms with Crippen molar-refractivity contribution in [2.75, 3.05) is 69.2 Å². The monoisotopic (exact) mass is 604 g/mol. The first-order valence-corrected chi connectivity index (χ1v) is 14.8. The number of benzene rings is 2. The maximum absolute atomic E-state index is 14.9. The number of piperazine rings is 1. The molecule has 2 aliphatic heterocycles. The van der Waals surface area contributed by atoms with Gasteiger partial charge in [-0.2, -0.15) is 10.2 Å². The first-order valence-electron chi connectivity index (χ1n) is 14.8. The van der Waals surface area contributed by atoms with Gasteiger partial charge in [-0.25, -0.2) is 14.4 Å². The largest absolute Gasteiger partial charge is 0.486 e. The second kappa shape index (κ2) is 14.5.